The molecule has 1 N–H and O–H groups in total. The molecule has 0 aliphatic carbocycles. The van der Waals surface area contributed by atoms with Gasteiger partial charge in [0.15, 0.2) is 0 Å². The van der Waals surface area contributed by atoms with Gasteiger partial charge >= 0.3 is 0 Å². The Hall–Kier alpha value is -0.180. The summed E-state index contributed by atoms with van der Waals surface area (Å²) in [5.74, 6) is 0.198. The first kappa shape index (κ1) is 13.3. The van der Waals surface area contributed by atoms with Gasteiger partial charge in [-0.3, -0.25) is 0 Å². The van der Waals surface area contributed by atoms with Crippen molar-refractivity contribution in [1.29, 1.82) is 0 Å². The molecule has 0 saturated carbocycles. The van der Waals surface area contributed by atoms with Gasteiger partial charge in [-0.25, -0.2) is 21.1 Å². The highest BCUT2D eigenvalue weighted by molar-refractivity contribution is 7.93. The van der Waals surface area contributed by atoms with Crippen LogP contribution in [0, 0.1) is 11.8 Å². The molecular formula is C9H18N2O4S2. The molecule has 2 saturated heterocycles. The topological polar surface area (TPSA) is 83.5 Å². The predicted molar refractivity (Wildman–Crippen MR) is 64.9 cm³/mol. The van der Waals surface area contributed by atoms with Crippen molar-refractivity contribution in [3.05, 3.63) is 0 Å². The lowest BCUT2D eigenvalue weighted by atomic mass is 10.0. The van der Waals surface area contributed by atoms with Crippen molar-refractivity contribution in [2.75, 3.05) is 43.9 Å². The third kappa shape index (κ3) is 3.18. The van der Waals surface area contributed by atoms with Crippen molar-refractivity contribution < 1.29 is 16.8 Å². The highest BCUT2D eigenvalue weighted by Gasteiger charge is 2.40. The molecule has 17 heavy (non-hydrogen) atoms. The summed E-state index contributed by atoms with van der Waals surface area (Å²) >= 11 is 0. The number of fused-ring (bicyclic) bond motifs is 1. The van der Waals surface area contributed by atoms with Crippen LogP contribution in [-0.4, -0.2) is 65.1 Å². The SMILES string of the molecule is CS(=O)(=O)CCS(=O)(=O)N1CC2CNCC2C1. The Morgan fingerprint density at radius 3 is 2.06 bits per heavy atom. The molecule has 0 spiro atoms. The smallest absolute Gasteiger partial charge is 0.215 e. The number of rotatable bonds is 4. The van der Waals surface area contributed by atoms with Gasteiger partial charge in [0.2, 0.25) is 10.0 Å². The van der Waals surface area contributed by atoms with E-state index in [0.717, 1.165) is 19.3 Å². The third-order valence-corrected chi connectivity index (χ3v) is 6.47. The maximum atomic E-state index is 12.0. The van der Waals surface area contributed by atoms with Crippen LogP contribution in [0.1, 0.15) is 0 Å². The number of nitrogens with zero attached hydrogens (tertiary/aromatic N) is 1. The van der Waals surface area contributed by atoms with E-state index in [1.54, 1.807) is 0 Å². The Morgan fingerprint density at radius 1 is 1.06 bits per heavy atom. The molecule has 0 radical (unpaired) electrons. The molecule has 0 bridgehead atoms. The molecule has 2 aliphatic rings. The average Bonchev–Trinajstić information content (AvgIpc) is 2.72. The third-order valence-electron chi connectivity index (χ3n) is 3.46. The fraction of sp³-hybridized carbons (Fsp3) is 1.00. The minimum atomic E-state index is -3.41. The molecule has 2 unspecified atom stereocenters. The zero-order valence-corrected chi connectivity index (χ0v) is 11.4. The molecule has 0 aromatic carbocycles. The number of hydrogen-bond donors (Lipinski definition) is 1. The summed E-state index contributed by atoms with van der Waals surface area (Å²) < 4.78 is 47.3. The van der Waals surface area contributed by atoms with Crippen molar-refractivity contribution in [1.82, 2.24) is 9.62 Å². The molecule has 0 aromatic heterocycles. The minimum Gasteiger partial charge on any atom is -0.316 e. The van der Waals surface area contributed by atoms with E-state index in [-0.39, 0.29) is 11.5 Å². The van der Waals surface area contributed by atoms with Crippen molar-refractivity contribution in [3.8, 4) is 0 Å². The summed E-state index contributed by atoms with van der Waals surface area (Å²) in [5.41, 5.74) is 0. The zero-order valence-electron chi connectivity index (χ0n) is 9.79. The number of nitrogens with one attached hydrogen (secondary N) is 1. The second-order valence-corrected chi connectivity index (χ2v) is 9.29. The standard InChI is InChI=1S/C9H18N2O4S2/c1-16(12,13)2-3-17(14,15)11-6-8-4-10-5-9(8)7-11/h8-10H,2-7H2,1H3. The average molecular weight is 282 g/mol. The van der Waals surface area contributed by atoms with E-state index in [1.807, 2.05) is 0 Å². The van der Waals surface area contributed by atoms with Crippen LogP contribution in [0.25, 0.3) is 0 Å². The predicted octanol–water partition coefficient (Wildman–Crippen LogP) is -1.49. The maximum absolute atomic E-state index is 12.0. The molecule has 2 rings (SSSR count). The van der Waals surface area contributed by atoms with Gasteiger partial charge in [-0.2, -0.15) is 0 Å². The highest BCUT2D eigenvalue weighted by atomic mass is 32.2. The van der Waals surface area contributed by atoms with Gasteiger partial charge in [0, 0.05) is 19.3 Å². The number of hydrogen-bond acceptors (Lipinski definition) is 5. The Kier molecular flexibility index (Phi) is 3.50. The van der Waals surface area contributed by atoms with Gasteiger partial charge in [-0.1, -0.05) is 0 Å². The van der Waals surface area contributed by atoms with Crippen LogP contribution in [0.5, 0.6) is 0 Å². The van der Waals surface area contributed by atoms with Gasteiger partial charge < -0.3 is 5.32 Å². The van der Waals surface area contributed by atoms with Gasteiger partial charge in [-0.15, -0.1) is 0 Å². The Balaban J connectivity index is 1.98. The lowest BCUT2D eigenvalue weighted by Crippen LogP contribution is -2.35. The van der Waals surface area contributed by atoms with Crippen LogP contribution in [-0.2, 0) is 19.9 Å². The van der Waals surface area contributed by atoms with E-state index < -0.39 is 19.9 Å². The summed E-state index contributed by atoms with van der Waals surface area (Å²) in [6.07, 6.45) is 1.06. The molecule has 0 amide bonds. The molecule has 2 heterocycles. The van der Waals surface area contributed by atoms with Crippen LogP contribution in [0.3, 0.4) is 0 Å². The summed E-state index contributed by atoms with van der Waals surface area (Å²) in [5, 5.41) is 3.24. The number of sulfone groups is 1. The summed E-state index contributed by atoms with van der Waals surface area (Å²) in [7, 11) is -6.63. The van der Waals surface area contributed by atoms with E-state index in [0.29, 0.717) is 24.9 Å². The first-order valence-electron chi connectivity index (χ1n) is 5.64. The van der Waals surface area contributed by atoms with E-state index in [4.69, 9.17) is 0 Å². The summed E-state index contributed by atoms with van der Waals surface area (Å²) in [6, 6.07) is 0. The summed E-state index contributed by atoms with van der Waals surface area (Å²) in [6.45, 7) is 2.79. The quantitative estimate of drug-likeness (QED) is 0.679. The van der Waals surface area contributed by atoms with Crippen LogP contribution in [0.4, 0.5) is 0 Å². The second kappa shape index (κ2) is 4.49. The second-order valence-electron chi connectivity index (χ2n) is 4.94. The normalized spacial score (nSPS) is 30.6. The van der Waals surface area contributed by atoms with Crippen molar-refractivity contribution in [2.45, 2.75) is 0 Å². The molecule has 0 aromatic rings. The fourth-order valence-corrected chi connectivity index (χ4v) is 5.57. The van der Waals surface area contributed by atoms with Gasteiger partial charge in [0.05, 0.1) is 11.5 Å². The van der Waals surface area contributed by atoms with E-state index >= 15 is 0 Å². The minimum absolute atomic E-state index is 0.292. The Morgan fingerprint density at radius 2 is 1.59 bits per heavy atom. The molecule has 8 heteroatoms. The molecule has 6 nitrogen and oxygen atoms in total. The van der Waals surface area contributed by atoms with E-state index in [1.165, 1.54) is 4.31 Å². The lowest BCUT2D eigenvalue weighted by molar-refractivity contribution is 0.449. The molecule has 2 aliphatic heterocycles. The van der Waals surface area contributed by atoms with Gasteiger partial charge in [0.25, 0.3) is 0 Å². The molecule has 2 fully saturated rings. The Labute approximate surface area is 102 Å². The monoisotopic (exact) mass is 282 g/mol. The van der Waals surface area contributed by atoms with Crippen molar-refractivity contribution in [2.24, 2.45) is 11.8 Å². The fourth-order valence-electron chi connectivity index (χ4n) is 2.43. The largest absolute Gasteiger partial charge is 0.316 e. The number of sulfonamides is 1. The van der Waals surface area contributed by atoms with Crippen molar-refractivity contribution >= 4 is 19.9 Å². The van der Waals surface area contributed by atoms with Gasteiger partial charge in [-0.05, 0) is 24.9 Å². The molecule has 2 atom stereocenters. The van der Waals surface area contributed by atoms with Crippen LogP contribution in [0.15, 0.2) is 0 Å². The molecular weight excluding hydrogens is 264 g/mol. The molecule has 100 valence electrons. The van der Waals surface area contributed by atoms with Crippen LogP contribution >= 0.6 is 0 Å². The zero-order chi connectivity index (χ0) is 12.7. The van der Waals surface area contributed by atoms with Gasteiger partial charge in [0.1, 0.15) is 9.84 Å². The van der Waals surface area contributed by atoms with Crippen molar-refractivity contribution in [3.63, 3.8) is 0 Å². The van der Waals surface area contributed by atoms with Crippen LogP contribution in [0.2, 0.25) is 0 Å². The van der Waals surface area contributed by atoms with E-state index in [9.17, 15) is 16.8 Å². The summed E-state index contributed by atoms with van der Waals surface area (Å²) in [4.78, 5) is 0. The first-order chi connectivity index (χ1) is 7.78. The lowest BCUT2D eigenvalue weighted by Gasteiger charge is -2.16. The Bertz CT molecular complexity index is 473. The van der Waals surface area contributed by atoms with Crippen LogP contribution < -0.4 is 5.32 Å². The van der Waals surface area contributed by atoms with E-state index in [2.05, 4.69) is 5.32 Å². The first-order valence-corrected chi connectivity index (χ1v) is 9.31. The highest BCUT2D eigenvalue weighted by Crippen LogP contribution is 2.28. The maximum Gasteiger partial charge on any atom is 0.215 e.